The molecule has 0 N–H and O–H groups in total. The van der Waals surface area contributed by atoms with Gasteiger partial charge in [-0.15, -0.1) is 0 Å². The molecule has 4 heteroatoms. The molecule has 0 aliphatic carbocycles. The molecule has 0 aliphatic heterocycles. The molecule has 0 fully saturated rings. The molecule has 5 rings (SSSR count). The average molecular weight is 462 g/mol. The number of aryl methyl sites for hydroxylation is 3. The van der Waals surface area contributed by atoms with Gasteiger partial charge in [0.2, 0.25) is 5.69 Å². The summed E-state index contributed by atoms with van der Waals surface area (Å²) in [4.78, 5) is 3.81. The predicted molar refractivity (Wildman–Crippen MR) is 144 cm³/mol. The third kappa shape index (κ3) is 3.45. The van der Waals surface area contributed by atoms with Gasteiger partial charge in [0.15, 0.2) is 11.9 Å². The summed E-state index contributed by atoms with van der Waals surface area (Å²) in [5, 5.41) is 3.60. The van der Waals surface area contributed by atoms with Crippen LogP contribution < -0.4 is 9.75 Å². The second-order valence-electron chi connectivity index (χ2n) is 10.2. The molecule has 0 saturated carbocycles. The van der Waals surface area contributed by atoms with E-state index in [0.29, 0.717) is 5.69 Å². The maximum atomic E-state index is 7.76. The van der Waals surface area contributed by atoms with Crippen molar-refractivity contribution < 1.29 is 8.98 Å². The Morgan fingerprint density at radius 2 is 1.47 bits per heavy atom. The van der Waals surface area contributed by atoms with E-state index in [1.54, 1.807) is 0 Å². The molecule has 0 saturated heterocycles. The maximum Gasteiger partial charge on any atom is 0.216 e. The SMILES string of the molecule is [C-]#[N+]c1ccc2c(oc3c(-c4cc(C)c([Si](C)(C)C)c[n+]4C)c(C)ccc32)c1-c1ccccc1. The Labute approximate surface area is 202 Å². The van der Waals surface area contributed by atoms with Gasteiger partial charge < -0.3 is 4.42 Å². The van der Waals surface area contributed by atoms with E-state index in [1.807, 2.05) is 42.5 Å². The Bertz CT molecular complexity index is 1620. The average Bonchev–Trinajstić information content (AvgIpc) is 3.18. The van der Waals surface area contributed by atoms with Crippen molar-refractivity contribution in [1.29, 1.82) is 0 Å². The van der Waals surface area contributed by atoms with E-state index >= 15 is 0 Å². The highest BCUT2D eigenvalue weighted by Gasteiger charge is 2.27. The minimum absolute atomic E-state index is 0.608. The van der Waals surface area contributed by atoms with E-state index in [0.717, 1.165) is 44.3 Å². The molecule has 2 heterocycles. The van der Waals surface area contributed by atoms with Crippen LogP contribution in [0, 0.1) is 20.4 Å². The lowest BCUT2D eigenvalue weighted by atomic mass is 9.98. The summed E-state index contributed by atoms with van der Waals surface area (Å²) in [7, 11) is 0.676. The van der Waals surface area contributed by atoms with Crippen molar-refractivity contribution in [3.05, 3.63) is 89.4 Å². The molecule has 0 bridgehead atoms. The van der Waals surface area contributed by atoms with E-state index in [1.165, 1.54) is 16.3 Å². The number of rotatable bonds is 3. The fourth-order valence-electron chi connectivity index (χ4n) is 5.07. The van der Waals surface area contributed by atoms with Crippen molar-refractivity contribution in [2.24, 2.45) is 7.05 Å². The van der Waals surface area contributed by atoms with Gasteiger partial charge in [-0.25, -0.2) is 9.41 Å². The van der Waals surface area contributed by atoms with Gasteiger partial charge in [-0.05, 0) is 30.5 Å². The van der Waals surface area contributed by atoms with Gasteiger partial charge in [-0.2, -0.15) is 0 Å². The minimum atomic E-state index is -1.45. The van der Waals surface area contributed by atoms with Gasteiger partial charge in [0.25, 0.3) is 0 Å². The molecule has 0 amide bonds. The van der Waals surface area contributed by atoms with Crippen LogP contribution in [-0.4, -0.2) is 8.07 Å². The van der Waals surface area contributed by atoms with Crippen LogP contribution >= 0.6 is 0 Å². The van der Waals surface area contributed by atoms with Crippen LogP contribution in [-0.2, 0) is 7.05 Å². The normalized spacial score (nSPS) is 11.8. The van der Waals surface area contributed by atoms with Gasteiger partial charge in [0, 0.05) is 27.6 Å². The zero-order chi connectivity index (χ0) is 24.2. The summed E-state index contributed by atoms with van der Waals surface area (Å²) in [5.74, 6) is 0. The first-order valence-electron chi connectivity index (χ1n) is 11.6. The van der Waals surface area contributed by atoms with Gasteiger partial charge >= 0.3 is 0 Å². The maximum absolute atomic E-state index is 7.76. The zero-order valence-electron chi connectivity index (χ0n) is 20.7. The van der Waals surface area contributed by atoms with Crippen molar-refractivity contribution in [3.8, 4) is 22.4 Å². The molecule has 168 valence electrons. The van der Waals surface area contributed by atoms with Crippen LogP contribution in [0.25, 0.3) is 49.2 Å². The van der Waals surface area contributed by atoms with Crippen molar-refractivity contribution in [1.82, 2.24) is 0 Å². The van der Waals surface area contributed by atoms with Crippen molar-refractivity contribution in [2.45, 2.75) is 33.5 Å². The molecular formula is C30H29N2OSi+. The number of benzene rings is 3. The van der Waals surface area contributed by atoms with Crippen LogP contribution in [0.1, 0.15) is 11.1 Å². The summed E-state index contributed by atoms with van der Waals surface area (Å²) < 4.78 is 8.94. The molecule has 0 unspecified atom stereocenters. The smallest absolute Gasteiger partial charge is 0.216 e. The Morgan fingerprint density at radius 1 is 0.824 bits per heavy atom. The summed E-state index contributed by atoms with van der Waals surface area (Å²) in [6.07, 6.45) is 2.31. The first kappa shape index (κ1) is 22.1. The first-order valence-corrected chi connectivity index (χ1v) is 15.1. The standard InChI is InChI=1S/C30H29N2OSi/c1-19-13-14-22-23-15-16-24(31-3)28(21-11-9-8-10-12-21)30(23)33-29(22)27(19)25-17-20(2)26(18-32(25)4)34(5,6)7/h8-18H,1-2,4-7H3/q+1. The zero-order valence-corrected chi connectivity index (χ0v) is 21.7. The monoisotopic (exact) mass is 461 g/mol. The molecule has 3 aromatic carbocycles. The van der Waals surface area contributed by atoms with Gasteiger partial charge in [0.05, 0.1) is 20.2 Å². The van der Waals surface area contributed by atoms with E-state index in [2.05, 4.69) is 74.3 Å². The van der Waals surface area contributed by atoms with Crippen molar-refractivity contribution in [3.63, 3.8) is 0 Å². The molecule has 0 aliphatic rings. The fourth-order valence-corrected chi connectivity index (χ4v) is 6.91. The van der Waals surface area contributed by atoms with Crippen LogP contribution in [0.4, 0.5) is 5.69 Å². The second-order valence-corrected chi connectivity index (χ2v) is 15.2. The molecular weight excluding hydrogens is 432 g/mol. The van der Waals surface area contributed by atoms with E-state index in [9.17, 15) is 0 Å². The van der Waals surface area contributed by atoms with Crippen molar-refractivity contribution in [2.75, 3.05) is 0 Å². The van der Waals surface area contributed by atoms with Crippen LogP contribution in [0.5, 0.6) is 0 Å². The number of fused-ring (bicyclic) bond motifs is 3. The van der Waals surface area contributed by atoms with Gasteiger partial charge in [0.1, 0.15) is 18.2 Å². The minimum Gasteiger partial charge on any atom is -0.456 e. The summed E-state index contributed by atoms with van der Waals surface area (Å²) in [6, 6.07) is 20.7. The first-order chi connectivity index (χ1) is 16.2. The lowest BCUT2D eigenvalue weighted by molar-refractivity contribution is -0.659. The Balaban J connectivity index is 1.87. The Hall–Kier alpha value is -3.68. The van der Waals surface area contributed by atoms with Crippen LogP contribution in [0.15, 0.2) is 71.3 Å². The number of pyridine rings is 1. The third-order valence-corrected chi connectivity index (χ3v) is 8.86. The lowest BCUT2D eigenvalue weighted by Crippen LogP contribution is -2.46. The van der Waals surface area contributed by atoms with Crippen molar-refractivity contribution >= 4 is 40.9 Å². The number of nitrogens with zero attached hydrogens (tertiary/aromatic N) is 2. The Kier molecular flexibility index (Phi) is 5.19. The van der Waals surface area contributed by atoms with Gasteiger partial charge in [-0.3, -0.25) is 0 Å². The summed E-state index contributed by atoms with van der Waals surface area (Å²) in [6.45, 7) is 19.3. The largest absolute Gasteiger partial charge is 0.456 e. The fraction of sp³-hybridized carbons (Fsp3) is 0.200. The number of furan rings is 1. The molecule has 3 nitrogen and oxygen atoms in total. The van der Waals surface area contributed by atoms with E-state index in [4.69, 9.17) is 11.0 Å². The predicted octanol–water partition coefficient (Wildman–Crippen LogP) is 7.46. The summed E-state index contributed by atoms with van der Waals surface area (Å²) in [5.41, 5.74) is 8.90. The summed E-state index contributed by atoms with van der Waals surface area (Å²) >= 11 is 0. The van der Waals surface area contributed by atoms with E-state index in [-0.39, 0.29) is 0 Å². The molecule has 34 heavy (non-hydrogen) atoms. The molecule has 2 aromatic heterocycles. The highest BCUT2D eigenvalue weighted by molar-refractivity contribution is 6.88. The van der Waals surface area contributed by atoms with Crippen LogP contribution in [0.2, 0.25) is 19.6 Å². The highest BCUT2D eigenvalue weighted by Crippen LogP contribution is 2.44. The molecule has 0 spiro atoms. The number of hydrogen-bond donors (Lipinski definition) is 0. The van der Waals surface area contributed by atoms with Gasteiger partial charge in [-0.1, -0.05) is 74.2 Å². The number of aromatic nitrogens is 1. The quantitative estimate of drug-likeness (QED) is 0.155. The highest BCUT2D eigenvalue weighted by atomic mass is 28.3. The lowest BCUT2D eigenvalue weighted by Gasteiger charge is -2.18. The van der Waals surface area contributed by atoms with E-state index < -0.39 is 8.07 Å². The second kappa shape index (κ2) is 7.97. The third-order valence-electron chi connectivity index (χ3n) is 6.72. The molecule has 0 radical (unpaired) electrons. The topological polar surface area (TPSA) is 21.4 Å². The number of hydrogen-bond acceptors (Lipinski definition) is 1. The Morgan fingerprint density at radius 3 is 2.12 bits per heavy atom. The van der Waals surface area contributed by atoms with Crippen LogP contribution in [0.3, 0.4) is 0 Å². The molecule has 5 aromatic rings. The molecule has 0 atom stereocenters.